The largest absolute Gasteiger partial charge is 0.460 e. The first-order valence-electron chi connectivity index (χ1n) is 2.94. The molecule has 0 aliphatic carbocycles. The summed E-state index contributed by atoms with van der Waals surface area (Å²) >= 11 is 0. The van der Waals surface area contributed by atoms with E-state index in [4.69, 9.17) is 5.73 Å². The number of hydrogen-bond acceptors (Lipinski definition) is 5. The average molecular weight is 153 g/mol. The fourth-order valence-electron chi connectivity index (χ4n) is 0.548. The average Bonchev–Trinajstić information content (AvgIpc) is 2.04. The topological polar surface area (TPSA) is 78.1 Å². The molecule has 1 rings (SSSR count). The van der Waals surface area contributed by atoms with Gasteiger partial charge in [0.25, 0.3) is 6.47 Å². The third kappa shape index (κ3) is 2.21. The zero-order chi connectivity index (χ0) is 8.10. The lowest BCUT2D eigenvalue weighted by Gasteiger charge is -1.96. The third-order valence-corrected chi connectivity index (χ3v) is 1.01. The zero-order valence-corrected chi connectivity index (χ0v) is 5.73. The lowest BCUT2D eigenvalue weighted by Crippen LogP contribution is -1.98. The minimum absolute atomic E-state index is 0.0871. The van der Waals surface area contributed by atoms with E-state index in [0.717, 1.165) is 0 Å². The van der Waals surface area contributed by atoms with E-state index in [9.17, 15) is 4.79 Å². The van der Waals surface area contributed by atoms with Crippen LogP contribution in [0.25, 0.3) is 0 Å². The Balaban J connectivity index is 2.58. The van der Waals surface area contributed by atoms with Gasteiger partial charge in [0.1, 0.15) is 0 Å². The first-order valence-corrected chi connectivity index (χ1v) is 2.94. The molecule has 1 aromatic rings. The van der Waals surface area contributed by atoms with Crippen molar-refractivity contribution in [2.75, 3.05) is 5.73 Å². The van der Waals surface area contributed by atoms with Crippen molar-refractivity contribution in [2.24, 2.45) is 0 Å². The Morgan fingerprint density at radius 2 is 2.18 bits per heavy atom. The standard InChI is InChI=1S/C6H7N3O2/c7-5-1-8-6(9-2-5)3-11-4-10/h1-2,4H,3,7H2. The molecule has 0 spiro atoms. The summed E-state index contributed by atoms with van der Waals surface area (Å²) in [5.74, 6) is 0.436. The van der Waals surface area contributed by atoms with Crippen LogP contribution in [0.1, 0.15) is 5.82 Å². The molecule has 2 N–H and O–H groups in total. The summed E-state index contributed by atoms with van der Waals surface area (Å²) in [5, 5.41) is 0. The summed E-state index contributed by atoms with van der Waals surface area (Å²) in [6.45, 7) is 0.434. The Morgan fingerprint density at radius 3 is 2.73 bits per heavy atom. The second kappa shape index (κ2) is 3.50. The predicted octanol–water partition coefficient (Wildman–Crippen LogP) is -0.268. The minimum atomic E-state index is 0.0871. The maximum atomic E-state index is 9.74. The van der Waals surface area contributed by atoms with E-state index in [1.807, 2.05) is 0 Å². The number of carbonyl (C=O) groups is 1. The molecule has 0 radical (unpaired) electrons. The number of nitrogen functional groups attached to an aromatic ring is 1. The number of ether oxygens (including phenoxy) is 1. The van der Waals surface area contributed by atoms with Gasteiger partial charge in [0.15, 0.2) is 12.4 Å². The Labute approximate surface area is 63.2 Å². The van der Waals surface area contributed by atoms with Gasteiger partial charge < -0.3 is 10.5 Å². The second-order valence-corrected chi connectivity index (χ2v) is 1.84. The molecule has 0 aliphatic heterocycles. The van der Waals surface area contributed by atoms with Gasteiger partial charge in [0, 0.05) is 0 Å². The lowest BCUT2D eigenvalue weighted by atomic mass is 10.5. The molecule has 0 bridgehead atoms. The molecule has 0 aliphatic rings. The number of hydrogen-bond donors (Lipinski definition) is 1. The number of carbonyl (C=O) groups excluding carboxylic acids is 1. The maximum absolute atomic E-state index is 9.74. The van der Waals surface area contributed by atoms with Crippen molar-refractivity contribution < 1.29 is 9.53 Å². The molecular formula is C6H7N3O2. The molecule has 58 valence electrons. The van der Waals surface area contributed by atoms with Crippen molar-refractivity contribution in [3.8, 4) is 0 Å². The highest BCUT2D eigenvalue weighted by atomic mass is 16.5. The summed E-state index contributed by atoms with van der Waals surface area (Å²) in [6.07, 6.45) is 2.91. The van der Waals surface area contributed by atoms with Crippen LogP contribution in [0, 0.1) is 0 Å². The molecule has 0 saturated heterocycles. The van der Waals surface area contributed by atoms with Crippen LogP contribution in [0.3, 0.4) is 0 Å². The molecule has 0 saturated carbocycles. The van der Waals surface area contributed by atoms with E-state index >= 15 is 0 Å². The van der Waals surface area contributed by atoms with Crippen LogP contribution < -0.4 is 5.73 Å². The summed E-state index contributed by atoms with van der Waals surface area (Å²) < 4.78 is 4.41. The van der Waals surface area contributed by atoms with Crippen molar-refractivity contribution in [3.63, 3.8) is 0 Å². The van der Waals surface area contributed by atoms with Gasteiger partial charge >= 0.3 is 0 Å². The predicted molar refractivity (Wildman–Crippen MR) is 37.3 cm³/mol. The number of nitrogens with zero attached hydrogens (tertiary/aromatic N) is 2. The summed E-state index contributed by atoms with van der Waals surface area (Å²) in [6, 6.07) is 0. The van der Waals surface area contributed by atoms with Crippen LogP contribution in [0.15, 0.2) is 12.4 Å². The Bertz CT molecular complexity index is 234. The lowest BCUT2D eigenvalue weighted by molar-refractivity contribution is -0.130. The molecule has 5 nitrogen and oxygen atoms in total. The molecule has 1 aromatic heterocycles. The van der Waals surface area contributed by atoms with Crippen LogP contribution in [0.4, 0.5) is 5.69 Å². The molecule has 0 fully saturated rings. The van der Waals surface area contributed by atoms with Gasteiger partial charge in [-0.25, -0.2) is 9.97 Å². The van der Waals surface area contributed by atoms with E-state index in [1.165, 1.54) is 12.4 Å². The van der Waals surface area contributed by atoms with Crippen molar-refractivity contribution in [1.82, 2.24) is 9.97 Å². The normalized spacial score (nSPS) is 9.09. The minimum Gasteiger partial charge on any atom is -0.460 e. The fraction of sp³-hybridized carbons (Fsp3) is 0.167. The van der Waals surface area contributed by atoms with Crippen molar-refractivity contribution in [3.05, 3.63) is 18.2 Å². The number of aromatic nitrogens is 2. The van der Waals surface area contributed by atoms with E-state index in [0.29, 0.717) is 18.0 Å². The van der Waals surface area contributed by atoms with E-state index < -0.39 is 0 Å². The Hall–Kier alpha value is -1.65. The van der Waals surface area contributed by atoms with Crippen molar-refractivity contribution in [1.29, 1.82) is 0 Å². The van der Waals surface area contributed by atoms with Gasteiger partial charge in [-0.3, -0.25) is 4.79 Å². The van der Waals surface area contributed by atoms with Gasteiger partial charge in [0.2, 0.25) is 0 Å². The Kier molecular flexibility index (Phi) is 2.37. The first-order chi connectivity index (χ1) is 5.33. The van der Waals surface area contributed by atoms with Gasteiger partial charge in [-0.1, -0.05) is 0 Å². The number of rotatable bonds is 3. The smallest absolute Gasteiger partial charge is 0.293 e. The molecule has 0 atom stereocenters. The highest BCUT2D eigenvalue weighted by molar-refractivity contribution is 5.37. The maximum Gasteiger partial charge on any atom is 0.293 e. The van der Waals surface area contributed by atoms with E-state index in [2.05, 4.69) is 14.7 Å². The SMILES string of the molecule is Nc1cnc(COC=O)nc1. The van der Waals surface area contributed by atoms with Crippen LogP contribution in [0.5, 0.6) is 0 Å². The third-order valence-electron chi connectivity index (χ3n) is 1.01. The summed E-state index contributed by atoms with van der Waals surface area (Å²) in [7, 11) is 0. The molecule has 11 heavy (non-hydrogen) atoms. The second-order valence-electron chi connectivity index (χ2n) is 1.84. The quantitative estimate of drug-likeness (QED) is 0.605. The fourth-order valence-corrected chi connectivity index (χ4v) is 0.548. The van der Waals surface area contributed by atoms with Gasteiger partial charge in [-0.05, 0) is 0 Å². The molecule has 5 heteroatoms. The van der Waals surface area contributed by atoms with Gasteiger partial charge in [-0.15, -0.1) is 0 Å². The summed E-state index contributed by atoms with van der Waals surface area (Å²) in [4.78, 5) is 17.3. The van der Waals surface area contributed by atoms with Crippen molar-refractivity contribution in [2.45, 2.75) is 6.61 Å². The summed E-state index contributed by atoms with van der Waals surface area (Å²) in [5.41, 5.74) is 5.81. The van der Waals surface area contributed by atoms with E-state index in [-0.39, 0.29) is 6.61 Å². The van der Waals surface area contributed by atoms with Crippen LogP contribution in [-0.4, -0.2) is 16.4 Å². The molecule has 1 heterocycles. The number of nitrogens with two attached hydrogens (primary N) is 1. The molecule has 0 aromatic carbocycles. The highest BCUT2D eigenvalue weighted by Crippen LogP contribution is 1.96. The molecule has 0 unspecified atom stereocenters. The first kappa shape index (κ1) is 7.46. The zero-order valence-electron chi connectivity index (χ0n) is 5.73. The van der Waals surface area contributed by atoms with Crippen LogP contribution in [0.2, 0.25) is 0 Å². The monoisotopic (exact) mass is 153 g/mol. The van der Waals surface area contributed by atoms with Crippen LogP contribution in [-0.2, 0) is 16.1 Å². The van der Waals surface area contributed by atoms with Crippen LogP contribution >= 0.6 is 0 Å². The number of anilines is 1. The van der Waals surface area contributed by atoms with E-state index in [1.54, 1.807) is 0 Å². The Morgan fingerprint density at radius 1 is 1.55 bits per heavy atom. The molecule has 0 amide bonds. The molecular weight excluding hydrogens is 146 g/mol. The van der Waals surface area contributed by atoms with Crippen molar-refractivity contribution >= 4 is 12.2 Å². The van der Waals surface area contributed by atoms with Gasteiger partial charge in [-0.2, -0.15) is 0 Å². The highest BCUT2D eigenvalue weighted by Gasteiger charge is 1.93. The van der Waals surface area contributed by atoms with Gasteiger partial charge in [0.05, 0.1) is 18.1 Å².